The predicted molar refractivity (Wildman–Crippen MR) is 64.6 cm³/mol. The van der Waals surface area contributed by atoms with E-state index >= 15 is 0 Å². The molecule has 0 aromatic rings. The van der Waals surface area contributed by atoms with E-state index in [9.17, 15) is 9.59 Å². The van der Waals surface area contributed by atoms with Crippen molar-refractivity contribution in [1.29, 1.82) is 0 Å². The lowest BCUT2D eigenvalue weighted by Crippen LogP contribution is -2.52. The molecule has 1 saturated carbocycles. The molecular formula is C12H21N3O2. The largest absolute Gasteiger partial charge is 0.341 e. The smallest absolute Gasteiger partial charge is 0.315 e. The van der Waals surface area contributed by atoms with Gasteiger partial charge in [0.25, 0.3) is 0 Å². The summed E-state index contributed by atoms with van der Waals surface area (Å²) in [5.41, 5.74) is 0. The average molecular weight is 239 g/mol. The van der Waals surface area contributed by atoms with E-state index in [0.29, 0.717) is 6.04 Å². The standard InChI is InChI=1S/C12H21N3O2/c1-9(11(16)15-7-2-3-8-15)13-12(17)14-10-5-4-6-10/h9-10H,2-8H2,1H3,(H2,13,14,17). The predicted octanol–water partition coefficient (Wildman–Crippen LogP) is 0.849. The van der Waals surface area contributed by atoms with Crippen LogP contribution in [0.3, 0.4) is 0 Å². The van der Waals surface area contributed by atoms with Gasteiger partial charge in [0.1, 0.15) is 6.04 Å². The fourth-order valence-corrected chi connectivity index (χ4v) is 2.25. The third kappa shape index (κ3) is 3.11. The molecule has 2 aliphatic rings. The third-order valence-electron chi connectivity index (χ3n) is 3.58. The first-order valence-electron chi connectivity index (χ1n) is 6.52. The Hall–Kier alpha value is -1.26. The van der Waals surface area contributed by atoms with E-state index in [0.717, 1.165) is 38.8 Å². The molecule has 2 fully saturated rings. The number of hydrogen-bond acceptors (Lipinski definition) is 2. The Bertz CT molecular complexity index is 296. The summed E-state index contributed by atoms with van der Waals surface area (Å²) < 4.78 is 0. The van der Waals surface area contributed by atoms with Crippen LogP contribution in [0.5, 0.6) is 0 Å². The van der Waals surface area contributed by atoms with Crippen LogP contribution in [0.25, 0.3) is 0 Å². The van der Waals surface area contributed by atoms with Crippen LogP contribution in [0.15, 0.2) is 0 Å². The second kappa shape index (κ2) is 5.38. The Morgan fingerprint density at radius 2 is 1.82 bits per heavy atom. The van der Waals surface area contributed by atoms with Crippen molar-refractivity contribution in [2.24, 2.45) is 0 Å². The van der Waals surface area contributed by atoms with Crippen molar-refractivity contribution in [3.05, 3.63) is 0 Å². The average Bonchev–Trinajstić information content (AvgIpc) is 2.75. The van der Waals surface area contributed by atoms with Crippen LogP contribution in [-0.4, -0.2) is 42.0 Å². The van der Waals surface area contributed by atoms with Crippen LogP contribution in [0, 0.1) is 0 Å². The zero-order valence-electron chi connectivity index (χ0n) is 10.4. The summed E-state index contributed by atoms with van der Waals surface area (Å²) in [7, 11) is 0. The second-order valence-electron chi connectivity index (χ2n) is 5.00. The van der Waals surface area contributed by atoms with E-state index in [1.807, 2.05) is 4.90 Å². The monoisotopic (exact) mass is 239 g/mol. The zero-order valence-corrected chi connectivity index (χ0v) is 10.4. The van der Waals surface area contributed by atoms with Gasteiger partial charge in [-0.3, -0.25) is 4.79 Å². The SMILES string of the molecule is CC(NC(=O)NC1CCC1)C(=O)N1CCCC1. The van der Waals surface area contributed by atoms with Gasteiger partial charge in [-0.1, -0.05) is 0 Å². The first-order valence-corrected chi connectivity index (χ1v) is 6.52. The van der Waals surface area contributed by atoms with Gasteiger partial charge in [-0.15, -0.1) is 0 Å². The van der Waals surface area contributed by atoms with Gasteiger partial charge >= 0.3 is 6.03 Å². The quantitative estimate of drug-likeness (QED) is 0.767. The lowest BCUT2D eigenvalue weighted by molar-refractivity contribution is -0.131. The number of amides is 3. The highest BCUT2D eigenvalue weighted by atomic mass is 16.2. The molecule has 0 bridgehead atoms. The minimum atomic E-state index is -0.423. The molecule has 1 saturated heterocycles. The maximum Gasteiger partial charge on any atom is 0.315 e. The Labute approximate surface area is 102 Å². The third-order valence-corrected chi connectivity index (χ3v) is 3.58. The number of nitrogens with one attached hydrogen (secondary N) is 2. The van der Waals surface area contributed by atoms with Crippen LogP contribution in [0.2, 0.25) is 0 Å². The van der Waals surface area contributed by atoms with Crippen molar-refractivity contribution in [3.8, 4) is 0 Å². The van der Waals surface area contributed by atoms with Gasteiger partial charge < -0.3 is 15.5 Å². The molecular weight excluding hydrogens is 218 g/mol. The minimum Gasteiger partial charge on any atom is -0.341 e. The molecule has 0 aromatic heterocycles. The van der Waals surface area contributed by atoms with Gasteiger partial charge in [0, 0.05) is 19.1 Å². The molecule has 5 heteroatoms. The van der Waals surface area contributed by atoms with Crippen molar-refractivity contribution in [1.82, 2.24) is 15.5 Å². The summed E-state index contributed by atoms with van der Waals surface area (Å²) in [6.07, 6.45) is 5.45. The molecule has 2 N–H and O–H groups in total. The highest BCUT2D eigenvalue weighted by molar-refractivity contribution is 5.86. The van der Waals surface area contributed by atoms with Crippen LogP contribution in [0.4, 0.5) is 4.79 Å². The molecule has 1 aliphatic carbocycles. The molecule has 96 valence electrons. The first kappa shape index (κ1) is 12.2. The van der Waals surface area contributed by atoms with E-state index in [1.54, 1.807) is 6.92 Å². The van der Waals surface area contributed by atoms with Crippen molar-refractivity contribution in [2.75, 3.05) is 13.1 Å². The maximum atomic E-state index is 11.9. The molecule has 17 heavy (non-hydrogen) atoms. The highest BCUT2D eigenvalue weighted by Gasteiger charge is 2.25. The number of carbonyl (C=O) groups is 2. The van der Waals surface area contributed by atoms with Gasteiger partial charge in [-0.2, -0.15) is 0 Å². The zero-order chi connectivity index (χ0) is 12.3. The van der Waals surface area contributed by atoms with E-state index in [1.165, 1.54) is 6.42 Å². The van der Waals surface area contributed by atoms with Crippen molar-refractivity contribution in [3.63, 3.8) is 0 Å². The van der Waals surface area contributed by atoms with E-state index < -0.39 is 6.04 Å². The van der Waals surface area contributed by atoms with Crippen molar-refractivity contribution < 1.29 is 9.59 Å². The molecule has 1 atom stereocenters. The van der Waals surface area contributed by atoms with Gasteiger partial charge in [-0.25, -0.2) is 4.79 Å². The molecule has 0 aromatic carbocycles. The van der Waals surface area contributed by atoms with Gasteiger partial charge in [0.15, 0.2) is 0 Å². The van der Waals surface area contributed by atoms with Crippen LogP contribution in [-0.2, 0) is 4.79 Å². The van der Waals surface area contributed by atoms with E-state index in [4.69, 9.17) is 0 Å². The number of likely N-dealkylation sites (tertiary alicyclic amines) is 1. The Kier molecular flexibility index (Phi) is 3.86. The first-order chi connectivity index (χ1) is 8.16. The molecule has 0 radical (unpaired) electrons. The number of rotatable bonds is 3. The van der Waals surface area contributed by atoms with Crippen LogP contribution in [0.1, 0.15) is 39.0 Å². The molecule has 1 unspecified atom stereocenters. The number of nitrogens with zero attached hydrogens (tertiary/aromatic N) is 1. The summed E-state index contributed by atoms with van der Waals surface area (Å²) >= 11 is 0. The fraction of sp³-hybridized carbons (Fsp3) is 0.833. The lowest BCUT2D eigenvalue weighted by Gasteiger charge is -2.28. The summed E-state index contributed by atoms with van der Waals surface area (Å²) in [5, 5.41) is 5.59. The normalized spacial score (nSPS) is 21.8. The fourth-order valence-electron chi connectivity index (χ4n) is 2.25. The number of hydrogen-bond donors (Lipinski definition) is 2. The topological polar surface area (TPSA) is 61.4 Å². The Morgan fingerprint density at radius 3 is 2.35 bits per heavy atom. The molecule has 1 heterocycles. The lowest BCUT2D eigenvalue weighted by atomic mass is 9.93. The molecule has 3 amide bonds. The second-order valence-corrected chi connectivity index (χ2v) is 5.00. The highest BCUT2D eigenvalue weighted by Crippen LogP contribution is 2.17. The van der Waals surface area contributed by atoms with E-state index in [2.05, 4.69) is 10.6 Å². The maximum absolute atomic E-state index is 11.9. The van der Waals surface area contributed by atoms with Crippen molar-refractivity contribution >= 4 is 11.9 Å². The number of urea groups is 1. The molecule has 0 spiro atoms. The minimum absolute atomic E-state index is 0.0336. The molecule has 1 aliphatic heterocycles. The van der Waals surface area contributed by atoms with Gasteiger partial charge in [-0.05, 0) is 39.0 Å². The van der Waals surface area contributed by atoms with Gasteiger partial charge in [0.2, 0.25) is 5.91 Å². The van der Waals surface area contributed by atoms with Crippen LogP contribution >= 0.6 is 0 Å². The Morgan fingerprint density at radius 1 is 1.18 bits per heavy atom. The summed E-state index contributed by atoms with van der Waals surface area (Å²) in [6, 6.07) is -0.327. The van der Waals surface area contributed by atoms with Crippen molar-refractivity contribution in [2.45, 2.75) is 51.1 Å². The summed E-state index contributed by atoms with van der Waals surface area (Å²) in [4.78, 5) is 25.3. The number of carbonyl (C=O) groups excluding carboxylic acids is 2. The van der Waals surface area contributed by atoms with Crippen LogP contribution < -0.4 is 10.6 Å². The molecule has 5 nitrogen and oxygen atoms in total. The van der Waals surface area contributed by atoms with Gasteiger partial charge in [0.05, 0.1) is 0 Å². The molecule has 2 rings (SSSR count). The summed E-state index contributed by atoms with van der Waals surface area (Å²) in [5.74, 6) is 0.0336. The van der Waals surface area contributed by atoms with E-state index in [-0.39, 0.29) is 11.9 Å². The Balaban J connectivity index is 1.72. The summed E-state index contributed by atoms with van der Waals surface area (Å²) in [6.45, 7) is 3.41.